The number of ether oxygens (including phenoxy) is 1. The van der Waals surface area contributed by atoms with Crippen LogP contribution >= 0.6 is 0 Å². The van der Waals surface area contributed by atoms with Gasteiger partial charge in [0.05, 0.1) is 13.2 Å². The summed E-state index contributed by atoms with van der Waals surface area (Å²) in [6.45, 7) is 2.10. The summed E-state index contributed by atoms with van der Waals surface area (Å²) in [6, 6.07) is -0.965. The first-order valence-corrected chi connectivity index (χ1v) is 7.79. The largest absolute Gasteiger partial charge is 0.480 e. The van der Waals surface area contributed by atoms with Crippen LogP contribution in [0.15, 0.2) is 0 Å². The number of nitrogens with one attached hydrogen (secondary N) is 1. The van der Waals surface area contributed by atoms with Gasteiger partial charge in [-0.3, -0.25) is 4.79 Å². The Kier molecular flexibility index (Phi) is 4.74. The predicted molar refractivity (Wildman–Crippen MR) is 66.4 cm³/mol. The summed E-state index contributed by atoms with van der Waals surface area (Å²) in [5.41, 5.74) is 0. The highest BCUT2D eigenvalue weighted by Gasteiger charge is 2.37. The van der Waals surface area contributed by atoms with Crippen molar-refractivity contribution >= 4 is 16.2 Å². The third-order valence-corrected chi connectivity index (χ3v) is 4.85. The maximum Gasteiger partial charge on any atom is 0.322 e. The molecule has 0 bridgehead atoms. The standard InChI is InChI=1S/C10H19N3O5S/c14-10(15)9-3-1-2-4-13(9)19(16,17)11-12-5-7-18-8-6-12/h9,11H,1-8H2,(H,14,15). The van der Waals surface area contributed by atoms with E-state index in [4.69, 9.17) is 9.84 Å². The molecule has 2 aliphatic heterocycles. The van der Waals surface area contributed by atoms with Crippen LogP contribution in [-0.4, -0.2) is 67.7 Å². The Morgan fingerprint density at radius 1 is 1.21 bits per heavy atom. The average molecular weight is 293 g/mol. The molecule has 2 saturated heterocycles. The van der Waals surface area contributed by atoms with Gasteiger partial charge < -0.3 is 9.84 Å². The molecule has 1 atom stereocenters. The van der Waals surface area contributed by atoms with Crippen molar-refractivity contribution in [2.24, 2.45) is 0 Å². The van der Waals surface area contributed by atoms with Gasteiger partial charge in [-0.05, 0) is 19.3 Å². The van der Waals surface area contributed by atoms with Gasteiger partial charge in [-0.25, -0.2) is 5.01 Å². The molecular formula is C10H19N3O5S. The molecule has 0 aromatic rings. The highest BCUT2D eigenvalue weighted by molar-refractivity contribution is 7.87. The lowest BCUT2D eigenvalue weighted by molar-refractivity contribution is -0.142. The Labute approximate surface area is 112 Å². The Balaban J connectivity index is 2.05. The number of hydrogen-bond donors (Lipinski definition) is 2. The van der Waals surface area contributed by atoms with Gasteiger partial charge in [0.15, 0.2) is 0 Å². The van der Waals surface area contributed by atoms with Crippen molar-refractivity contribution in [3.63, 3.8) is 0 Å². The fraction of sp³-hybridized carbons (Fsp3) is 0.900. The molecule has 0 aromatic heterocycles. The zero-order chi connectivity index (χ0) is 13.9. The second-order valence-electron chi connectivity index (χ2n) is 4.66. The minimum absolute atomic E-state index is 0.247. The summed E-state index contributed by atoms with van der Waals surface area (Å²) in [5.74, 6) is -1.09. The predicted octanol–water partition coefficient (Wildman–Crippen LogP) is -0.993. The lowest BCUT2D eigenvalue weighted by Gasteiger charge is -2.35. The SMILES string of the molecule is O=C(O)C1CCCCN1S(=O)(=O)NN1CCOCC1. The molecule has 8 nitrogen and oxygen atoms in total. The van der Waals surface area contributed by atoms with E-state index in [-0.39, 0.29) is 6.54 Å². The lowest BCUT2D eigenvalue weighted by Crippen LogP contribution is -2.57. The Morgan fingerprint density at radius 2 is 1.89 bits per heavy atom. The molecule has 110 valence electrons. The summed E-state index contributed by atoms with van der Waals surface area (Å²) in [7, 11) is -3.80. The van der Waals surface area contributed by atoms with E-state index in [1.54, 1.807) is 5.01 Å². The number of carboxylic acid groups (broad SMARTS) is 1. The first-order valence-electron chi connectivity index (χ1n) is 6.35. The van der Waals surface area contributed by atoms with Gasteiger partial charge in [0, 0.05) is 19.6 Å². The molecule has 2 N–H and O–H groups in total. The minimum Gasteiger partial charge on any atom is -0.480 e. The Bertz CT molecular complexity index is 421. The smallest absolute Gasteiger partial charge is 0.322 e. The van der Waals surface area contributed by atoms with Crippen LogP contribution < -0.4 is 4.83 Å². The Morgan fingerprint density at radius 3 is 2.53 bits per heavy atom. The first kappa shape index (κ1) is 14.7. The highest BCUT2D eigenvalue weighted by Crippen LogP contribution is 2.20. The topological polar surface area (TPSA) is 99.2 Å². The molecule has 1 unspecified atom stereocenters. The fourth-order valence-corrected chi connectivity index (χ4v) is 3.82. The molecule has 0 spiro atoms. The second kappa shape index (κ2) is 6.14. The normalized spacial score (nSPS) is 27.3. The number of rotatable bonds is 4. The van der Waals surface area contributed by atoms with E-state index in [0.717, 1.165) is 10.7 Å². The van der Waals surface area contributed by atoms with Crippen LogP contribution in [0.5, 0.6) is 0 Å². The highest BCUT2D eigenvalue weighted by atomic mass is 32.2. The maximum atomic E-state index is 12.2. The molecule has 2 heterocycles. The van der Waals surface area contributed by atoms with Crippen LogP contribution in [0.1, 0.15) is 19.3 Å². The zero-order valence-electron chi connectivity index (χ0n) is 10.6. The molecule has 19 heavy (non-hydrogen) atoms. The second-order valence-corrected chi connectivity index (χ2v) is 6.26. The molecule has 2 fully saturated rings. The van der Waals surface area contributed by atoms with Gasteiger partial charge >= 0.3 is 5.97 Å². The monoisotopic (exact) mass is 293 g/mol. The fourth-order valence-electron chi connectivity index (χ4n) is 2.31. The van der Waals surface area contributed by atoms with E-state index in [0.29, 0.717) is 39.1 Å². The van der Waals surface area contributed by atoms with Crippen molar-refractivity contribution in [2.45, 2.75) is 25.3 Å². The zero-order valence-corrected chi connectivity index (χ0v) is 11.4. The summed E-state index contributed by atoms with van der Waals surface area (Å²) >= 11 is 0. The summed E-state index contributed by atoms with van der Waals surface area (Å²) in [6.07, 6.45) is 1.79. The van der Waals surface area contributed by atoms with Gasteiger partial charge in [-0.1, -0.05) is 0 Å². The van der Waals surface area contributed by atoms with Crippen molar-refractivity contribution in [3.05, 3.63) is 0 Å². The van der Waals surface area contributed by atoms with Crippen LogP contribution in [0.2, 0.25) is 0 Å². The number of carboxylic acids is 1. The molecule has 0 amide bonds. The van der Waals surface area contributed by atoms with Crippen LogP contribution in [0.4, 0.5) is 0 Å². The van der Waals surface area contributed by atoms with E-state index < -0.39 is 22.2 Å². The molecule has 0 aliphatic carbocycles. The number of hydrogen-bond acceptors (Lipinski definition) is 5. The van der Waals surface area contributed by atoms with Crippen LogP contribution in [0, 0.1) is 0 Å². The third-order valence-electron chi connectivity index (χ3n) is 3.30. The Hall–Kier alpha value is -0.740. The number of nitrogens with zero attached hydrogens (tertiary/aromatic N) is 2. The average Bonchev–Trinajstić information content (AvgIpc) is 2.39. The van der Waals surface area contributed by atoms with E-state index in [9.17, 15) is 13.2 Å². The lowest BCUT2D eigenvalue weighted by atomic mass is 10.1. The number of piperidine rings is 1. The number of carbonyl (C=O) groups is 1. The summed E-state index contributed by atoms with van der Waals surface area (Å²) in [5, 5.41) is 10.7. The molecule has 0 saturated carbocycles. The van der Waals surface area contributed by atoms with Crippen LogP contribution in [0.25, 0.3) is 0 Å². The quantitative estimate of drug-likeness (QED) is 0.690. The summed E-state index contributed by atoms with van der Waals surface area (Å²) < 4.78 is 30.7. The van der Waals surface area contributed by atoms with Gasteiger partial charge in [-0.15, -0.1) is 4.83 Å². The van der Waals surface area contributed by atoms with E-state index in [1.807, 2.05) is 0 Å². The molecule has 2 aliphatic rings. The molecule has 0 aromatic carbocycles. The van der Waals surface area contributed by atoms with Crippen LogP contribution in [0.3, 0.4) is 0 Å². The number of hydrazine groups is 1. The van der Waals surface area contributed by atoms with Crippen molar-refractivity contribution in [2.75, 3.05) is 32.8 Å². The molecule has 9 heteroatoms. The van der Waals surface area contributed by atoms with Crippen molar-refractivity contribution in [3.8, 4) is 0 Å². The van der Waals surface area contributed by atoms with E-state index in [2.05, 4.69) is 4.83 Å². The number of morpholine rings is 1. The number of aliphatic carboxylic acids is 1. The molecule has 2 rings (SSSR count). The molecule has 0 radical (unpaired) electrons. The molecular weight excluding hydrogens is 274 g/mol. The van der Waals surface area contributed by atoms with Crippen LogP contribution in [-0.2, 0) is 19.7 Å². The first-order chi connectivity index (χ1) is 9.00. The van der Waals surface area contributed by atoms with Crippen molar-refractivity contribution in [1.82, 2.24) is 14.1 Å². The van der Waals surface area contributed by atoms with Crippen molar-refractivity contribution in [1.29, 1.82) is 0 Å². The van der Waals surface area contributed by atoms with Crippen molar-refractivity contribution < 1.29 is 23.1 Å². The van der Waals surface area contributed by atoms with Gasteiger partial charge in [-0.2, -0.15) is 12.7 Å². The van der Waals surface area contributed by atoms with Gasteiger partial charge in [0.2, 0.25) is 0 Å². The third kappa shape index (κ3) is 3.63. The van der Waals surface area contributed by atoms with E-state index >= 15 is 0 Å². The van der Waals surface area contributed by atoms with E-state index in [1.165, 1.54) is 0 Å². The van der Waals surface area contributed by atoms with Gasteiger partial charge in [0.25, 0.3) is 10.2 Å². The summed E-state index contributed by atoms with van der Waals surface area (Å²) in [4.78, 5) is 13.6. The van der Waals surface area contributed by atoms with Gasteiger partial charge in [0.1, 0.15) is 6.04 Å². The minimum atomic E-state index is -3.80. The maximum absolute atomic E-state index is 12.2.